The molecule has 122 valence electrons. The number of halogens is 1. The molecule has 3 rings (SSSR count). The van der Waals surface area contributed by atoms with Crippen LogP contribution in [0.15, 0.2) is 36.4 Å². The molecule has 0 aliphatic carbocycles. The van der Waals surface area contributed by atoms with Gasteiger partial charge in [0.05, 0.1) is 6.61 Å². The molecule has 0 spiro atoms. The van der Waals surface area contributed by atoms with Gasteiger partial charge in [-0.25, -0.2) is 0 Å². The molecule has 1 N–H and O–H groups in total. The van der Waals surface area contributed by atoms with Crippen LogP contribution in [0.5, 0.6) is 5.75 Å². The summed E-state index contributed by atoms with van der Waals surface area (Å²) in [6.45, 7) is 4.56. The number of nitriles is 1. The molecule has 0 saturated heterocycles. The van der Waals surface area contributed by atoms with Crippen molar-refractivity contribution in [1.29, 1.82) is 5.26 Å². The molecule has 0 aliphatic rings. The first-order chi connectivity index (χ1) is 11.6. The van der Waals surface area contributed by atoms with Crippen LogP contribution < -0.4 is 4.74 Å². The number of H-pyrrole nitrogens is 1. The first kappa shape index (κ1) is 16.4. The average molecular weight is 339 g/mol. The van der Waals surface area contributed by atoms with Crippen LogP contribution in [-0.4, -0.2) is 11.6 Å². The molecule has 4 heteroatoms. The highest BCUT2D eigenvalue weighted by Gasteiger charge is 2.10. The minimum absolute atomic E-state index is 0.602. The summed E-state index contributed by atoms with van der Waals surface area (Å²) in [7, 11) is 0. The van der Waals surface area contributed by atoms with Crippen molar-refractivity contribution < 1.29 is 4.74 Å². The number of rotatable bonds is 5. The van der Waals surface area contributed by atoms with Crippen molar-refractivity contribution in [2.75, 3.05) is 6.61 Å². The molecule has 0 bridgehead atoms. The van der Waals surface area contributed by atoms with Crippen molar-refractivity contribution in [2.45, 2.75) is 26.7 Å². The van der Waals surface area contributed by atoms with E-state index in [4.69, 9.17) is 16.3 Å². The summed E-state index contributed by atoms with van der Waals surface area (Å²) < 4.78 is 5.85. The van der Waals surface area contributed by atoms with Crippen LogP contribution in [-0.2, 0) is 6.42 Å². The van der Waals surface area contributed by atoms with Crippen LogP contribution in [0.1, 0.15) is 28.8 Å². The van der Waals surface area contributed by atoms with Gasteiger partial charge in [0.25, 0.3) is 0 Å². The molecule has 0 saturated carbocycles. The molecule has 2 aromatic carbocycles. The van der Waals surface area contributed by atoms with E-state index < -0.39 is 0 Å². The molecule has 0 fully saturated rings. The van der Waals surface area contributed by atoms with Gasteiger partial charge in [-0.2, -0.15) is 5.26 Å². The Kier molecular flexibility index (Phi) is 4.78. The van der Waals surface area contributed by atoms with Gasteiger partial charge in [-0.15, -0.1) is 0 Å². The maximum absolute atomic E-state index is 9.32. The second-order valence-electron chi connectivity index (χ2n) is 5.96. The smallest absolute Gasteiger partial charge is 0.121 e. The van der Waals surface area contributed by atoms with E-state index in [0.717, 1.165) is 51.2 Å². The highest BCUT2D eigenvalue weighted by molar-refractivity contribution is 6.32. The minimum atomic E-state index is 0.602. The van der Waals surface area contributed by atoms with Gasteiger partial charge >= 0.3 is 0 Å². The summed E-state index contributed by atoms with van der Waals surface area (Å²) in [5, 5.41) is 11.2. The molecule has 1 heterocycles. The molecule has 0 amide bonds. The summed E-state index contributed by atoms with van der Waals surface area (Å²) in [5.41, 5.74) is 4.77. The molecule has 24 heavy (non-hydrogen) atoms. The highest BCUT2D eigenvalue weighted by Crippen LogP contribution is 2.26. The van der Waals surface area contributed by atoms with Gasteiger partial charge < -0.3 is 9.72 Å². The summed E-state index contributed by atoms with van der Waals surface area (Å²) >= 11 is 6.18. The summed E-state index contributed by atoms with van der Waals surface area (Å²) in [5.74, 6) is 0.842. The lowest BCUT2D eigenvalue weighted by Gasteiger charge is -2.10. The number of ether oxygens (including phenoxy) is 1. The van der Waals surface area contributed by atoms with Crippen molar-refractivity contribution in [1.82, 2.24) is 4.98 Å². The van der Waals surface area contributed by atoms with Crippen molar-refractivity contribution >= 4 is 22.5 Å². The Morgan fingerprint density at radius 3 is 2.58 bits per heavy atom. The molecular weight excluding hydrogens is 320 g/mol. The molecule has 3 nitrogen and oxygen atoms in total. The maximum Gasteiger partial charge on any atom is 0.121 e. The second kappa shape index (κ2) is 6.98. The van der Waals surface area contributed by atoms with Crippen LogP contribution in [0.3, 0.4) is 0 Å². The van der Waals surface area contributed by atoms with Gasteiger partial charge in [-0.3, -0.25) is 0 Å². The topological polar surface area (TPSA) is 48.8 Å². The Hall–Kier alpha value is -2.44. The molecule has 0 unspecified atom stereocenters. The Morgan fingerprint density at radius 1 is 1.17 bits per heavy atom. The van der Waals surface area contributed by atoms with E-state index in [1.807, 2.05) is 44.2 Å². The Bertz CT molecular complexity index is 898. The zero-order chi connectivity index (χ0) is 17.1. The lowest BCUT2D eigenvalue weighted by atomic mass is 10.1. The summed E-state index contributed by atoms with van der Waals surface area (Å²) in [4.78, 5) is 3.18. The standard InChI is InChI=1S/C20H19ClN2O/c1-13-10-15(11-14(2)20(13)21)24-9-5-7-17-16-6-3-4-8-18(16)23-19(17)12-22/h3-4,6,8,10-11,23H,5,7,9H2,1-2H3. The summed E-state index contributed by atoms with van der Waals surface area (Å²) in [6.07, 6.45) is 1.65. The third kappa shape index (κ3) is 3.25. The number of aromatic nitrogens is 1. The Balaban J connectivity index is 1.66. The zero-order valence-electron chi connectivity index (χ0n) is 13.8. The van der Waals surface area contributed by atoms with Crippen LogP contribution in [0, 0.1) is 25.2 Å². The highest BCUT2D eigenvalue weighted by atomic mass is 35.5. The number of aromatic amines is 1. The van der Waals surface area contributed by atoms with Crippen LogP contribution in [0.25, 0.3) is 10.9 Å². The van der Waals surface area contributed by atoms with E-state index in [2.05, 4.69) is 17.1 Å². The number of fused-ring (bicyclic) bond motifs is 1. The van der Waals surface area contributed by atoms with E-state index in [9.17, 15) is 5.26 Å². The quantitative estimate of drug-likeness (QED) is 0.640. The SMILES string of the molecule is Cc1cc(OCCCc2c(C#N)[nH]c3ccccc23)cc(C)c1Cl. The predicted octanol–water partition coefficient (Wildman–Crippen LogP) is 5.32. The van der Waals surface area contributed by atoms with E-state index in [1.54, 1.807) is 0 Å². The lowest BCUT2D eigenvalue weighted by molar-refractivity contribution is 0.311. The van der Waals surface area contributed by atoms with Crippen molar-refractivity contribution in [2.24, 2.45) is 0 Å². The molecule has 0 radical (unpaired) electrons. The van der Waals surface area contributed by atoms with Crippen LogP contribution in [0.2, 0.25) is 5.02 Å². The number of para-hydroxylation sites is 1. The number of hydrogen-bond acceptors (Lipinski definition) is 2. The van der Waals surface area contributed by atoms with Gasteiger partial charge in [0.1, 0.15) is 17.5 Å². The van der Waals surface area contributed by atoms with E-state index in [-0.39, 0.29) is 0 Å². The number of benzene rings is 2. The first-order valence-corrected chi connectivity index (χ1v) is 8.37. The largest absolute Gasteiger partial charge is 0.494 e. The third-order valence-electron chi connectivity index (χ3n) is 4.18. The van der Waals surface area contributed by atoms with Gasteiger partial charge in [0.15, 0.2) is 0 Å². The predicted molar refractivity (Wildman–Crippen MR) is 97.8 cm³/mol. The maximum atomic E-state index is 9.32. The number of aryl methyl sites for hydroxylation is 3. The zero-order valence-corrected chi connectivity index (χ0v) is 14.6. The van der Waals surface area contributed by atoms with Gasteiger partial charge in [-0.05, 0) is 61.6 Å². The average Bonchev–Trinajstić information content (AvgIpc) is 2.94. The Labute approximate surface area is 146 Å². The second-order valence-corrected chi connectivity index (χ2v) is 6.34. The Morgan fingerprint density at radius 2 is 1.88 bits per heavy atom. The fourth-order valence-corrected chi connectivity index (χ4v) is 3.09. The third-order valence-corrected chi connectivity index (χ3v) is 4.77. The van der Waals surface area contributed by atoms with Gasteiger partial charge in [-0.1, -0.05) is 29.8 Å². The number of nitrogens with zero attached hydrogens (tertiary/aromatic N) is 1. The van der Waals surface area contributed by atoms with Crippen LogP contribution in [0.4, 0.5) is 0 Å². The number of hydrogen-bond donors (Lipinski definition) is 1. The minimum Gasteiger partial charge on any atom is -0.494 e. The first-order valence-electron chi connectivity index (χ1n) is 7.99. The monoisotopic (exact) mass is 338 g/mol. The fourth-order valence-electron chi connectivity index (χ4n) is 2.98. The lowest BCUT2D eigenvalue weighted by Crippen LogP contribution is -2.01. The van der Waals surface area contributed by atoms with Crippen molar-refractivity contribution in [3.05, 3.63) is 63.8 Å². The van der Waals surface area contributed by atoms with E-state index in [1.165, 1.54) is 0 Å². The van der Waals surface area contributed by atoms with Gasteiger partial charge in [0, 0.05) is 15.9 Å². The molecular formula is C20H19ClN2O. The van der Waals surface area contributed by atoms with Crippen molar-refractivity contribution in [3.63, 3.8) is 0 Å². The van der Waals surface area contributed by atoms with Gasteiger partial charge in [0.2, 0.25) is 0 Å². The molecule has 0 aliphatic heterocycles. The number of nitrogens with one attached hydrogen (secondary N) is 1. The van der Waals surface area contributed by atoms with Crippen LogP contribution >= 0.6 is 11.6 Å². The fraction of sp³-hybridized carbons (Fsp3) is 0.250. The summed E-state index contributed by atoms with van der Waals surface area (Å²) in [6, 6.07) is 14.2. The normalized spacial score (nSPS) is 10.8. The molecule has 1 aromatic heterocycles. The molecule has 0 atom stereocenters. The van der Waals surface area contributed by atoms with Crippen molar-refractivity contribution in [3.8, 4) is 11.8 Å². The molecule has 3 aromatic rings. The van der Waals surface area contributed by atoms with E-state index >= 15 is 0 Å². The van der Waals surface area contributed by atoms with E-state index in [0.29, 0.717) is 12.3 Å².